The van der Waals surface area contributed by atoms with Crippen molar-refractivity contribution in [3.05, 3.63) is 40.6 Å². The van der Waals surface area contributed by atoms with Gasteiger partial charge in [0.05, 0.1) is 11.9 Å². The zero-order valence-electron chi connectivity index (χ0n) is 9.22. The van der Waals surface area contributed by atoms with Gasteiger partial charge in [-0.15, -0.1) is 0 Å². The predicted octanol–water partition coefficient (Wildman–Crippen LogP) is 1.23. The fourth-order valence-electron chi connectivity index (χ4n) is 1.37. The van der Waals surface area contributed by atoms with Crippen LogP contribution in [0.5, 0.6) is 0 Å². The molecule has 0 unspecified atom stereocenters. The average Bonchev–Trinajstić information content (AvgIpc) is 2.83. The molecule has 0 saturated heterocycles. The largest absolute Gasteiger partial charge is 0.398 e. The highest BCUT2D eigenvalue weighted by molar-refractivity contribution is 9.10. The van der Waals surface area contributed by atoms with Gasteiger partial charge in [-0.05, 0) is 18.2 Å². The summed E-state index contributed by atoms with van der Waals surface area (Å²) in [5, 5.41) is 6.34. The molecule has 8 heteroatoms. The quantitative estimate of drug-likeness (QED) is 0.734. The first-order valence-corrected chi connectivity index (χ1v) is 7.29. The summed E-state index contributed by atoms with van der Waals surface area (Å²) in [6.45, 7) is 0.158. The molecule has 96 valence electrons. The van der Waals surface area contributed by atoms with E-state index in [2.05, 4.69) is 30.8 Å². The molecule has 0 aliphatic carbocycles. The summed E-state index contributed by atoms with van der Waals surface area (Å²) in [7, 11) is -3.64. The summed E-state index contributed by atoms with van der Waals surface area (Å²) >= 11 is 3.22. The van der Waals surface area contributed by atoms with E-state index in [1.54, 1.807) is 18.5 Å². The van der Waals surface area contributed by atoms with Crippen LogP contribution in [0.3, 0.4) is 0 Å². The van der Waals surface area contributed by atoms with Gasteiger partial charge in [0.25, 0.3) is 0 Å². The monoisotopic (exact) mass is 330 g/mol. The van der Waals surface area contributed by atoms with Crippen LogP contribution in [-0.4, -0.2) is 18.6 Å². The third-order valence-corrected chi connectivity index (χ3v) is 4.24. The van der Waals surface area contributed by atoms with E-state index in [4.69, 9.17) is 5.73 Å². The number of aromatic nitrogens is 2. The lowest BCUT2D eigenvalue weighted by molar-refractivity contribution is 0.581. The number of H-pyrrole nitrogens is 1. The van der Waals surface area contributed by atoms with Crippen molar-refractivity contribution in [2.75, 3.05) is 5.73 Å². The smallest absolute Gasteiger partial charge is 0.242 e. The normalized spacial score (nSPS) is 11.6. The molecule has 6 nitrogen and oxygen atoms in total. The maximum atomic E-state index is 12.1. The zero-order chi connectivity index (χ0) is 13.2. The van der Waals surface area contributed by atoms with Crippen LogP contribution in [0.15, 0.2) is 40.0 Å². The van der Waals surface area contributed by atoms with Crippen LogP contribution in [0, 0.1) is 0 Å². The molecule has 0 spiro atoms. The molecule has 2 aromatic rings. The maximum absolute atomic E-state index is 12.1. The van der Waals surface area contributed by atoms with Crippen molar-refractivity contribution in [2.45, 2.75) is 11.4 Å². The minimum Gasteiger partial charge on any atom is -0.398 e. The Kier molecular flexibility index (Phi) is 3.69. The lowest BCUT2D eigenvalue weighted by Crippen LogP contribution is -2.24. The van der Waals surface area contributed by atoms with Crippen LogP contribution in [0.2, 0.25) is 0 Å². The lowest BCUT2D eigenvalue weighted by atomic mass is 10.3. The Bertz CT molecular complexity index is 640. The molecule has 0 bridgehead atoms. The van der Waals surface area contributed by atoms with Crippen LogP contribution in [0.25, 0.3) is 0 Å². The Hall–Kier alpha value is -1.38. The molecule has 4 N–H and O–H groups in total. The molecular weight excluding hydrogens is 320 g/mol. The third kappa shape index (κ3) is 2.89. The first kappa shape index (κ1) is 13.1. The number of nitrogens with two attached hydrogens (primary N) is 1. The van der Waals surface area contributed by atoms with Gasteiger partial charge in [0.15, 0.2) is 0 Å². The van der Waals surface area contributed by atoms with Crippen LogP contribution in [0.4, 0.5) is 5.69 Å². The SMILES string of the molecule is Nc1ccc(Br)cc1S(=O)(=O)NCc1cn[nH]c1. The molecule has 1 aromatic carbocycles. The molecule has 0 atom stereocenters. The minimum atomic E-state index is -3.64. The summed E-state index contributed by atoms with van der Waals surface area (Å²) < 4.78 is 27.2. The molecule has 0 radical (unpaired) electrons. The van der Waals surface area contributed by atoms with E-state index in [1.165, 1.54) is 12.1 Å². The number of aromatic amines is 1. The molecule has 2 rings (SSSR count). The van der Waals surface area contributed by atoms with E-state index in [9.17, 15) is 8.42 Å². The molecule has 0 aliphatic heterocycles. The van der Waals surface area contributed by atoms with Crippen LogP contribution in [-0.2, 0) is 16.6 Å². The third-order valence-electron chi connectivity index (χ3n) is 2.29. The molecule has 1 heterocycles. The Morgan fingerprint density at radius 2 is 2.22 bits per heavy atom. The highest BCUT2D eigenvalue weighted by Crippen LogP contribution is 2.22. The fraction of sp³-hybridized carbons (Fsp3) is 0.100. The second kappa shape index (κ2) is 5.09. The minimum absolute atomic E-state index is 0.0559. The zero-order valence-corrected chi connectivity index (χ0v) is 11.6. The molecule has 18 heavy (non-hydrogen) atoms. The number of halogens is 1. The van der Waals surface area contributed by atoms with Gasteiger partial charge in [0.2, 0.25) is 10.0 Å². The number of benzene rings is 1. The van der Waals surface area contributed by atoms with Crippen molar-refractivity contribution in [3.63, 3.8) is 0 Å². The number of hydrogen-bond acceptors (Lipinski definition) is 4. The number of hydrogen-bond donors (Lipinski definition) is 3. The predicted molar refractivity (Wildman–Crippen MR) is 71.2 cm³/mol. The standard InChI is InChI=1S/C10H11BrN4O2S/c11-8-1-2-9(12)10(3-8)18(16,17)15-6-7-4-13-14-5-7/h1-5,15H,6,12H2,(H,13,14). The Morgan fingerprint density at radius 3 is 2.89 bits per heavy atom. The molecule has 0 fully saturated rings. The van der Waals surface area contributed by atoms with E-state index >= 15 is 0 Å². The molecular formula is C10H11BrN4O2S. The summed E-state index contributed by atoms with van der Waals surface area (Å²) in [6, 6.07) is 4.69. The van der Waals surface area contributed by atoms with Gasteiger partial charge in [0.1, 0.15) is 4.90 Å². The van der Waals surface area contributed by atoms with E-state index in [-0.39, 0.29) is 17.1 Å². The molecule has 0 amide bonds. The van der Waals surface area contributed by atoms with Crippen molar-refractivity contribution in [2.24, 2.45) is 0 Å². The van der Waals surface area contributed by atoms with E-state index in [0.717, 1.165) is 5.56 Å². The van der Waals surface area contributed by atoms with Gasteiger partial charge < -0.3 is 5.73 Å². The van der Waals surface area contributed by atoms with Crippen LogP contribution in [0.1, 0.15) is 5.56 Å². The van der Waals surface area contributed by atoms with Gasteiger partial charge in [0, 0.05) is 22.8 Å². The van der Waals surface area contributed by atoms with Gasteiger partial charge in [-0.25, -0.2) is 13.1 Å². The highest BCUT2D eigenvalue weighted by atomic mass is 79.9. The number of nitrogens with zero attached hydrogens (tertiary/aromatic N) is 1. The number of anilines is 1. The summed E-state index contributed by atoms with van der Waals surface area (Å²) in [4.78, 5) is 0.0559. The van der Waals surface area contributed by atoms with Crippen molar-refractivity contribution in [3.8, 4) is 0 Å². The number of rotatable bonds is 4. The summed E-state index contributed by atoms with van der Waals surface area (Å²) in [5.41, 5.74) is 6.62. The summed E-state index contributed by atoms with van der Waals surface area (Å²) in [6.07, 6.45) is 3.17. The fourth-order valence-corrected chi connectivity index (χ4v) is 3.06. The van der Waals surface area contributed by atoms with Gasteiger partial charge in [-0.1, -0.05) is 15.9 Å². The number of sulfonamides is 1. The first-order chi connectivity index (χ1) is 8.49. The van der Waals surface area contributed by atoms with Gasteiger partial charge in [-0.2, -0.15) is 5.10 Å². The maximum Gasteiger partial charge on any atom is 0.242 e. The molecule has 0 aliphatic rings. The van der Waals surface area contributed by atoms with E-state index < -0.39 is 10.0 Å². The number of nitrogen functional groups attached to an aromatic ring is 1. The van der Waals surface area contributed by atoms with Gasteiger partial charge in [-0.3, -0.25) is 5.10 Å². The van der Waals surface area contributed by atoms with Crippen molar-refractivity contribution in [1.82, 2.24) is 14.9 Å². The first-order valence-electron chi connectivity index (χ1n) is 5.01. The molecule has 0 saturated carbocycles. The number of nitrogens with one attached hydrogen (secondary N) is 2. The Labute approximate surface area is 113 Å². The van der Waals surface area contributed by atoms with E-state index in [0.29, 0.717) is 4.47 Å². The van der Waals surface area contributed by atoms with Crippen molar-refractivity contribution >= 4 is 31.6 Å². The van der Waals surface area contributed by atoms with Crippen molar-refractivity contribution < 1.29 is 8.42 Å². The van der Waals surface area contributed by atoms with Crippen LogP contribution >= 0.6 is 15.9 Å². The molecule has 1 aromatic heterocycles. The Balaban J connectivity index is 2.22. The van der Waals surface area contributed by atoms with E-state index in [1.807, 2.05) is 0 Å². The second-order valence-corrected chi connectivity index (χ2v) is 6.26. The second-order valence-electron chi connectivity index (χ2n) is 3.61. The van der Waals surface area contributed by atoms with Gasteiger partial charge >= 0.3 is 0 Å². The average molecular weight is 331 g/mol. The topological polar surface area (TPSA) is 101 Å². The summed E-state index contributed by atoms with van der Waals surface area (Å²) in [5.74, 6) is 0. The Morgan fingerprint density at radius 1 is 1.44 bits per heavy atom. The van der Waals surface area contributed by atoms with Crippen LogP contribution < -0.4 is 10.5 Å². The highest BCUT2D eigenvalue weighted by Gasteiger charge is 2.17. The van der Waals surface area contributed by atoms with Crippen molar-refractivity contribution in [1.29, 1.82) is 0 Å². The lowest BCUT2D eigenvalue weighted by Gasteiger charge is -2.08.